The van der Waals surface area contributed by atoms with Crippen molar-refractivity contribution in [3.05, 3.63) is 71.1 Å². The number of rotatable bonds is 3. The minimum Gasteiger partial charge on any atom is -0.403 e. The van der Waals surface area contributed by atoms with Crippen molar-refractivity contribution < 1.29 is 9.21 Å². The normalized spacial score (nSPS) is 16.0. The van der Waals surface area contributed by atoms with Crippen LogP contribution in [-0.4, -0.2) is 21.3 Å². The molecule has 1 amide bonds. The van der Waals surface area contributed by atoms with Gasteiger partial charge in [0.25, 0.3) is 5.91 Å². The van der Waals surface area contributed by atoms with Crippen molar-refractivity contribution in [2.75, 3.05) is 4.90 Å². The lowest BCUT2D eigenvalue weighted by molar-refractivity contribution is -0.113. The van der Waals surface area contributed by atoms with E-state index in [9.17, 15) is 4.79 Å². The van der Waals surface area contributed by atoms with E-state index in [1.165, 1.54) is 0 Å². The molecule has 1 aliphatic rings. The highest BCUT2D eigenvalue weighted by Gasteiger charge is 2.37. The molecule has 6 nitrogen and oxygen atoms in total. The first-order valence-corrected chi connectivity index (χ1v) is 8.30. The van der Waals surface area contributed by atoms with E-state index < -0.39 is 0 Å². The van der Waals surface area contributed by atoms with Gasteiger partial charge in [-0.05, 0) is 35.5 Å². The lowest BCUT2D eigenvalue weighted by atomic mass is 10.2. The Hall–Kier alpha value is -3.19. The summed E-state index contributed by atoms with van der Waals surface area (Å²) in [5, 5.41) is 16.0. The second-order valence-corrected chi connectivity index (χ2v) is 6.25. The van der Waals surface area contributed by atoms with Gasteiger partial charge in [0.2, 0.25) is 5.89 Å². The van der Waals surface area contributed by atoms with Crippen LogP contribution in [0.25, 0.3) is 17.5 Å². The molecular weight excluding hydrogens is 336 g/mol. The smallest absolute Gasteiger partial charge is 0.332 e. The molecule has 0 spiro atoms. The highest BCUT2D eigenvalue weighted by atomic mass is 32.2. The number of thioether (sulfide) groups is 1. The molecule has 7 heteroatoms. The quantitative estimate of drug-likeness (QED) is 0.728. The first kappa shape index (κ1) is 15.3. The maximum absolute atomic E-state index is 12.6. The summed E-state index contributed by atoms with van der Waals surface area (Å²) in [5.41, 5.74) is 1.65. The van der Waals surface area contributed by atoms with Gasteiger partial charge < -0.3 is 4.42 Å². The predicted octanol–water partition coefficient (Wildman–Crippen LogP) is 3.79. The number of hydrogen-bond donors (Lipinski definition) is 1. The van der Waals surface area contributed by atoms with E-state index in [1.807, 2.05) is 60.7 Å². The number of hydrogen-bond acceptors (Lipinski definition) is 6. The zero-order valence-electron chi connectivity index (χ0n) is 12.9. The van der Waals surface area contributed by atoms with Gasteiger partial charge in [-0.2, -0.15) is 0 Å². The second kappa shape index (κ2) is 6.37. The molecule has 0 atom stereocenters. The third-order valence-corrected chi connectivity index (χ3v) is 4.44. The molecule has 0 aliphatic carbocycles. The summed E-state index contributed by atoms with van der Waals surface area (Å²) in [6, 6.07) is 18.8. The molecule has 122 valence electrons. The molecule has 0 radical (unpaired) electrons. The monoisotopic (exact) mass is 348 g/mol. The Bertz CT molecular complexity index is 967. The number of anilines is 1. The number of nitrogens with zero attached hydrogens (tertiary/aromatic N) is 3. The Kier molecular flexibility index (Phi) is 3.91. The fourth-order valence-corrected chi connectivity index (χ4v) is 3.20. The van der Waals surface area contributed by atoms with E-state index in [2.05, 4.69) is 10.2 Å². The summed E-state index contributed by atoms with van der Waals surface area (Å²) in [6.45, 7) is 0. The highest BCUT2D eigenvalue weighted by Crippen LogP contribution is 2.35. The molecule has 1 saturated heterocycles. The van der Waals surface area contributed by atoms with Crippen LogP contribution in [0.15, 0.2) is 70.0 Å². The Morgan fingerprint density at radius 3 is 2.40 bits per heavy atom. The third-order valence-electron chi connectivity index (χ3n) is 3.55. The van der Waals surface area contributed by atoms with E-state index >= 15 is 0 Å². The van der Waals surface area contributed by atoms with Crippen LogP contribution in [-0.2, 0) is 4.79 Å². The van der Waals surface area contributed by atoms with Crippen LogP contribution in [0.2, 0.25) is 0 Å². The van der Waals surface area contributed by atoms with Gasteiger partial charge in [0.1, 0.15) is 0 Å². The molecule has 1 aromatic heterocycles. The summed E-state index contributed by atoms with van der Waals surface area (Å²) in [6.07, 6.45) is 1.75. The van der Waals surface area contributed by atoms with Gasteiger partial charge in [0.05, 0.1) is 4.91 Å². The fraction of sp³-hybridized carbons (Fsp3) is 0. The van der Waals surface area contributed by atoms with Crippen LogP contribution in [0.5, 0.6) is 0 Å². The minimum atomic E-state index is -0.345. The van der Waals surface area contributed by atoms with Crippen molar-refractivity contribution in [2.24, 2.45) is 0 Å². The van der Waals surface area contributed by atoms with Crippen LogP contribution in [0.3, 0.4) is 0 Å². The van der Waals surface area contributed by atoms with E-state index in [0.717, 1.165) is 27.8 Å². The molecule has 0 bridgehead atoms. The van der Waals surface area contributed by atoms with Gasteiger partial charge in [-0.25, -0.2) is 4.90 Å². The van der Waals surface area contributed by atoms with Gasteiger partial charge in [-0.15, -0.1) is 5.10 Å². The van der Waals surface area contributed by atoms with Crippen molar-refractivity contribution in [2.45, 2.75) is 0 Å². The molecule has 3 aromatic rings. The zero-order valence-corrected chi connectivity index (χ0v) is 13.7. The molecular formula is C18H12N4O2S. The van der Waals surface area contributed by atoms with Gasteiger partial charge in [-0.3, -0.25) is 10.2 Å². The van der Waals surface area contributed by atoms with Crippen molar-refractivity contribution in [1.29, 1.82) is 5.41 Å². The number of aromatic nitrogens is 2. The molecule has 2 heterocycles. The maximum Gasteiger partial charge on any atom is 0.332 e. The highest BCUT2D eigenvalue weighted by molar-refractivity contribution is 8.19. The molecule has 1 aliphatic heterocycles. The summed E-state index contributed by atoms with van der Waals surface area (Å²) >= 11 is 1.07. The second-order valence-electron chi connectivity index (χ2n) is 5.22. The predicted molar refractivity (Wildman–Crippen MR) is 97.0 cm³/mol. The van der Waals surface area contributed by atoms with E-state index in [0.29, 0.717) is 10.8 Å². The largest absolute Gasteiger partial charge is 0.403 e. The molecule has 1 fully saturated rings. The molecule has 25 heavy (non-hydrogen) atoms. The van der Waals surface area contributed by atoms with E-state index in [4.69, 9.17) is 9.83 Å². The van der Waals surface area contributed by atoms with Crippen molar-refractivity contribution in [3.63, 3.8) is 0 Å². The summed E-state index contributed by atoms with van der Waals surface area (Å²) in [7, 11) is 0. The third kappa shape index (κ3) is 2.97. The van der Waals surface area contributed by atoms with Crippen LogP contribution in [0, 0.1) is 5.41 Å². The van der Waals surface area contributed by atoms with Gasteiger partial charge in [0, 0.05) is 5.56 Å². The van der Waals surface area contributed by atoms with Crippen LogP contribution in [0.1, 0.15) is 5.56 Å². The molecule has 1 N–H and O–H groups in total. The summed E-state index contributed by atoms with van der Waals surface area (Å²) in [4.78, 5) is 14.2. The number of carbonyl (C=O) groups excluding carboxylic acids is 1. The van der Waals surface area contributed by atoms with Gasteiger partial charge in [-0.1, -0.05) is 53.6 Å². The van der Waals surface area contributed by atoms with Crippen molar-refractivity contribution in [1.82, 2.24) is 10.2 Å². The van der Waals surface area contributed by atoms with E-state index in [1.54, 1.807) is 6.08 Å². The summed E-state index contributed by atoms with van der Waals surface area (Å²) in [5.74, 6) is -0.0381. The Morgan fingerprint density at radius 2 is 1.68 bits per heavy atom. The lowest BCUT2D eigenvalue weighted by Crippen LogP contribution is -2.28. The maximum atomic E-state index is 12.6. The number of amidine groups is 1. The van der Waals surface area contributed by atoms with Crippen LogP contribution in [0.4, 0.5) is 6.01 Å². The molecule has 4 rings (SSSR count). The minimum absolute atomic E-state index is 0.00202. The molecule has 2 aromatic carbocycles. The van der Waals surface area contributed by atoms with Gasteiger partial charge in [0.15, 0.2) is 5.17 Å². The molecule has 0 unspecified atom stereocenters. The van der Waals surface area contributed by atoms with Crippen LogP contribution >= 0.6 is 11.8 Å². The molecule has 0 saturated carbocycles. The first-order valence-electron chi connectivity index (χ1n) is 7.49. The fourth-order valence-electron chi connectivity index (χ4n) is 2.36. The standard InChI is InChI=1S/C18H12N4O2S/c19-17-22(16(23)14(25-17)11-12-7-3-1-4-8-12)18-21-20-15(24-18)13-9-5-2-6-10-13/h1-11,19H. The lowest BCUT2D eigenvalue weighted by Gasteiger charge is -2.07. The number of benzene rings is 2. The zero-order chi connectivity index (χ0) is 17.2. The average molecular weight is 348 g/mol. The van der Waals surface area contributed by atoms with Crippen molar-refractivity contribution in [3.8, 4) is 11.5 Å². The van der Waals surface area contributed by atoms with E-state index in [-0.39, 0.29) is 17.1 Å². The Balaban J connectivity index is 1.63. The Morgan fingerprint density at radius 1 is 1.00 bits per heavy atom. The number of nitrogens with one attached hydrogen (secondary N) is 1. The van der Waals surface area contributed by atoms with Crippen molar-refractivity contribution >= 4 is 34.9 Å². The SMILES string of the molecule is N=C1SC(=Cc2ccccc2)C(=O)N1c1nnc(-c2ccccc2)o1. The number of amides is 1. The topological polar surface area (TPSA) is 83.1 Å². The van der Waals surface area contributed by atoms with Gasteiger partial charge >= 0.3 is 6.01 Å². The first-order chi connectivity index (χ1) is 12.2. The van der Waals surface area contributed by atoms with Crippen LogP contribution < -0.4 is 4.90 Å². The number of carbonyl (C=O) groups is 1. The average Bonchev–Trinajstić information content (AvgIpc) is 3.22. The summed E-state index contributed by atoms with van der Waals surface area (Å²) < 4.78 is 5.59. The Labute approximate surface area is 147 Å².